The number of carbonyl (C=O) groups is 2. The van der Waals surface area contributed by atoms with Crippen molar-refractivity contribution in [3.63, 3.8) is 0 Å². The summed E-state index contributed by atoms with van der Waals surface area (Å²) in [7, 11) is 0. The van der Waals surface area contributed by atoms with Gasteiger partial charge in [0.15, 0.2) is 6.10 Å². The normalized spacial score (nSPS) is 14.9. The molecule has 0 aliphatic carbocycles. The number of hydrogen-bond donors (Lipinski definition) is 2. The molecule has 1 unspecified atom stereocenters. The minimum absolute atomic E-state index is 0.0867. The number of carboxylic acids is 1. The Morgan fingerprint density at radius 2 is 2.00 bits per heavy atom. The lowest BCUT2D eigenvalue weighted by Gasteiger charge is -2.12. The zero-order chi connectivity index (χ0) is 19.2. The predicted octanol–water partition coefficient (Wildman–Crippen LogP) is 3.20. The van der Waals surface area contributed by atoms with Crippen LogP contribution in [0.3, 0.4) is 0 Å². The Balaban J connectivity index is 1.43. The summed E-state index contributed by atoms with van der Waals surface area (Å²) in [6.07, 6.45) is 0.506. The molecule has 0 saturated carbocycles. The Morgan fingerprint density at radius 3 is 2.74 bits per heavy atom. The van der Waals surface area contributed by atoms with Crippen molar-refractivity contribution in [1.29, 1.82) is 0 Å². The molecule has 2 aromatic rings. The summed E-state index contributed by atoms with van der Waals surface area (Å²) >= 11 is 5.97. The van der Waals surface area contributed by atoms with Gasteiger partial charge in [0.25, 0.3) is 5.91 Å². The highest BCUT2D eigenvalue weighted by molar-refractivity contribution is 6.30. The van der Waals surface area contributed by atoms with Crippen LogP contribution in [0.5, 0.6) is 11.5 Å². The number of benzene rings is 2. The second-order valence-corrected chi connectivity index (χ2v) is 6.71. The van der Waals surface area contributed by atoms with Gasteiger partial charge in [-0.15, -0.1) is 0 Å². The maximum absolute atomic E-state index is 12.3. The molecule has 6 nitrogen and oxygen atoms in total. The van der Waals surface area contributed by atoms with Crippen molar-refractivity contribution < 1.29 is 24.2 Å². The molecule has 0 saturated heterocycles. The minimum Gasteiger partial charge on any atom is -0.494 e. The van der Waals surface area contributed by atoms with Crippen LogP contribution in [-0.2, 0) is 22.6 Å². The highest BCUT2D eigenvalue weighted by Gasteiger charge is 2.28. The van der Waals surface area contributed by atoms with Gasteiger partial charge >= 0.3 is 5.97 Å². The van der Waals surface area contributed by atoms with E-state index < -0.39 is 12.1 Å². The molecule has 1 aliphatic rings. The molecule has 2 N–H and O–H groups in total. The van der Waals surface area contributed by atoms with Crippen LogP contribution in [0.15, 0.2) is 42.5 Å². The molecule has 1 heterocycles. The number of carboxylic acid groups (broad SMARTS) is 1. The van der Waals surface area contributed by atoms with Crippen LogP contribution >= 0.6 is 11.6 Å². The van der Waals surface area contributed by atoms with Gasteiger partial charge in [0, 0.05) is 24.4 Å². The van der Waals surface area contributed by atoms with Gasteiger partial charge in [-0.25, -0.2) is 0 Å². The van der Waals surface area contributed by atoms with E-state index in [0.717, 1.165) is 11.1 Å². The fourth-order valence-corrected chi connectivity index (χ4v) is 2.98. The molecule has 0 spiro atoms. The largest absolute Gasteiger partial charge is 0.494 e. The van der Waals surface area contributed by atoms with Crippen LogP contribution in [0.2, 0.25) is 5.02 Å². The van der Waals surface area contributed by atoms with E-state index in [0.29, 0.717) is 42.5 Å². The SMILES string of the molecule is O=C(O)CCCOc1ccc(CNC(=O)C2Cc3cc(Cl)ccc3O2)cc1. The first kappa shape index (κ1) is 19.0. The summed E-state index contributed by atoms with van der Waals surface area (Å²) in [5, 5.41) is 12.1. The lowest BCUT2D eigenvalue weighted by Crippen LogP contribution is -2.36. The molecule has 0 bridgehead atoms. The van der Waals surface area contributed by atoms with Gasteiger partial charge in [0.05, 0.1) is 6.61 Å². The van der Waals surface area contributed by atoms with Crippen molar-refractivity contribution in [3.05, 3.63) is 58.6 Å². The molecule has 142 valence electrons. The van der Waals surface area contributed by atoms with E-state index >= 15 is 0 Å². The number of carbonyl (C=O) groups excluding carboxylic acids is 1. The lowest BCUT2D eigenvalue weighted by atomic mass is 10.1. The molecule has 3 rings (SSSR count). The van der Waals surface area contributed by atoms with Crippen molar-refractivity contribution in [2.45, 2.75) is 31.9 Å². The number of hydrogen-bond acceptors (Lipinski definition) is 4. The number of fused-ring (bicyclic) bond motifs is 1. The molecule has 1 aliphatic heterocycles. The van der Waals surface area contributed by atoms with E-state index in [-0.39, 0.29) is 12.3 Å². The average molecular weight is 390 g/mol. The number of rotatable bonds is 8. The van der Waals surface area contributed by atoms with Crippen LogP contribution in [0.4, 0.5) is 0 Å². The first-order chi connectivity index (χ1) is 13.0. The Morgan fingerprint density at radius 1 is 1.22 bits per heavy atom. The maximum atomic E-state index is 12.3. The third-order valence-corrected chi connectivity index (χ3v) is 4.42. The van der Waals surface area contributed by atoms with Crippen molar-refractivity contribution in [3.8, 4) is 11.5 Å². The highest BCUT2D eigenvalue weighted by Crippen LogP contribution is 2.31. The van der Waals surface area contributed by atoms with Gasteiger partial charge in [0.1, 0.15) is 11.5 Å². The predicted molar refractivity (Wildman–Crippen MR) is 100 cm³/mol. The number of aliphatic carboxylic acids is 1. The minimum atomic E-state index is -0.831. The average Bonchev–Trinajstić information content (AvgIpc) is 3.07. The third-order valence-electron chi connectivity index (χ3n) is 4.18. The topological polar surface area (TPSA) is 84.9 Å². The van der Waals surface area contributed by atoms with E-state index in [1.165, 1.54) is 0 Å². The van der Waals surface area contributed by atoms with Crippen molar-refractivity contribution in [1.82, 2.24) is 5.32 Å². The zero-order valence-electron chi connectivity index (χ0n) is 14.6. The number of halogens is 1. The van der Waals surface area contributed by atoms with E-state index in [9.17, 15) is 9.59 Å². The Hall–Kier alpha value is -2.73. The maximum Gasteiger partial charge on any atom is 0.303 e. The summed E-state index contributed by atoms with van der Waals surface area (Å²) in [5.74, 6) is 0.365. The molecule has 0 fully saturated rings. The number of ether oxygens (including phenoxy) is 2. The molecular weight excluding hydrogens is 370 g/mol. The quantitative estimate of drug-likeness (QED) is 0.677. The highest BCUT2D eigenvalue weighted by atomic mass is 35.5. The zero-order valence-corrected chi connectivity index (χ0v) is 15.4. The Kier molecular flexibility index (Phi) is 6.19. The molecule has 0 aromatic heterocycles. The van der Waals surface area contributed by atoms with Crippen LogP contribution in [-0.4, -0.2) is 29.7 Å². The van der Waals surface area contributed by atoms with Crippen LogP contribution in [0.25, 0.3) is 0 Å². The van der Waals surface area contributed by atoms with Crippen molar-refractivity contribution in [2.75, 3.05) is 6.61 Å². The summed E-state index contributed by atoms with van der Waals surface area (Å²) in [6.45, 7) is 0.737. The van der Waals surface area contributed by atoms with E-state index in [1.54, 1.807) is 24.3 Å². The van der Waals surface area contributed by atoms with Gasteiger partial charge < -0.3 is 19.9 Å². The monoisotopic (exact) mass is 389 g/mol. The van der Waals surface area contributed by atoms with Crippen LogP contribution in [0, 0.1) is 0 Å². The summed E-state index contributed by atoms with van der Waals surface area (Å²) in [6, 6.07) is 12.7. The van der Waals surface area contributed by atoms with Gasteiger partial charge in [0.2, 0.25) is 0 Å². The smallest absolute Gasteiger partial charge is 0.303 e. The molecule has 27 heavy (non-hydrogen) atoms. The summed E-state index contributed by atoms with van der Waals surface area (Å²) < 4.78 is 11.2. The standard InChI is InChI=1S/C20H20ClNO5/c21-15-5-8-17-14(10-15)11-18(27-17)20(25)22-12-13-3-6-16(7-4-13)26-9-1-2-19(23)24/h3-8,10,18H,1-2,9,11-12H2,(H,22,25)(H,23,24). The number of nitrogens with one attached hydrogen (secondary N) is 1. The molecule has 7 heteroatoms. The fraction of sp³-hybridized carbons (Fsp3) is 0.300. The van der Waals surface area contributed by atoms with E-state index in [1.807, 2.05) is 18.2 Å². The van der Waals surface area contributed by atoms with Gasteiger partial charge in [-0.1, -0.05) is 23.7 Å². The Bertz CT molecular complexity index is 822. The van der Waals surface area contributed by atoms with Gasteiger partial charge in [-0.2, -0.15) is 0 Å². The van der Waals surface area contributed by atoms with Crippen LogP contribution < -0.4 is 14.8 Å². The van der Waals surface area contributed by atoms with Crippen molar-refractivity contribution in [2.24, 2.45) is 0 Å². The number of amides is 1. The third kappa shape index (κ3) is 5.37. The molecule has 2 aromatic carbocycles. The molecular formula is C20H20ClNO5. The fourth-order valence-electron chi connectivity index (χ4n) is 2.78. The summed E-state index contributed by atoms with van der Waals surface area (Å²) in [4.78, 5) is 22.8. The second kappa shape index (κ2) is 8.77. The van der Waals surface area contributed by atoms with E-state index in [4.69, 9.17) is 26.2 Å². The van der Waals surface area contributed by atoms with E-state index in [2.05, 4.69) is 5.32 Å². The van der Waals surface area contributed by atoms with Gasteiger partial charge in [-0.3, -0.25) is 9.59 Å². The Labute approximate surface area is 162 Å². The molecule has 1 atom stereocenters. The van der Waals surface area contributed by atoms with Gasteiger partial charge in [-0.05, 0) is 47.9 Å². The van der Waals surface area contributed by atoms with Crippen LogP contribution in [0.1, 0.15) is 24.0 Å². The summed E-state index contributed by atoms with van der Waals surface area (Å²) in [5.41, 5.74) is 1.87. The molecule has 1 amide bonds. The lowest BCUT2D eigenvalue weighted by molar-refractivity contribution is -0.137. The first-order valence-corrected chi connectivity index (χ1v) is 9.05. The molecule has 0 radical (unpaired) electrons. The second-order valence-electron chi connectivity index (χ2n) is 6.27. The first-order valence-electron chi connectivity index (χ1n) is 8.67. The van der Waals surface area contributed by atoms with Crippen molar-refractivity contribution >= 4 is 23.5 Å².